The molecule has 0 aliphatic carbocycles. The number of hydrogen-bond donors (Lipinski definition) is 1. The molecule has 1 N–H and O–H groups in total. The van der Waals surface area contributed by atoms with E-state index in [0.29, 0.717) is 19.3 Å². The number of carbonyl (C=O) groups is 3. The molecule has 0 heterocycles. The summed E-state index contributed by atoms with van der Waals surface area (Å²) in [5.41, 5.74) is 0. The Morgan fingerprint density at radius 1 is 0.585 bits per heavy atom. The normalized spacial score (nSPS) is 13.9. The number of esters is 2. The Bertz CT molecular complexity index is 1140. The molecule has 0 saturated carbocycles. The van der Waals surface area contributed by atoms with E-state index in [0.717, 1.165) is 70.6 Å². The Labute approximate surface area is 323 Å². The van der Waals surface area contributed by atoms with Crippen LogP contribution in [-0.4, -0.2) is 80.6 Å². The molecule has 0 aromatic carbocycles. The molecular formula is C45H74NO7+. The number of carboxylic acid groups (broad SMARTS) is 1. The molecule has 2 atom stereocenters. The maximum absolute atomic E-state index is 12.6. The van der Waals surface area contributed by atoms with E-state index < -0.39 is 18.1 Å². The van der Waals surface area contributed by atoms with E-state index in [-0.39, 0.29) is 49.1 Å². The van der Waals surface area contributed by atoms with Crippen molar-refractivity contribution in [2.75, 3.05) is 41.0 Å². The summed E-state index contributed by atoms with van der Waals surface area (Å²) in [6.45, 7) is 4.44. The van der Waals surface area contributed by atoms with Gasteiger partial charge in [0.05, 0.1) is 34.4 Å². The molecule has 2 unspecified atom stereocenters. The molecule has 300 valence electrons. The van der Waals surface area contributed by atoms with Gasteiger partial charge >= 0.3 is 17.9 Å². The van der Waals surface area contributed by atoms with Crippen LogP contribution in [0.2, 0.25) is 0 Å². The maximum atomic E-state index is 12.6. The Morgan fingerprint density at radius 2 is 1.09 bits per heavy atom. The predicted octanol–water partition coefficient (Wildman–Crippen LogP) is 10.6. The zero-order valence-corrected chi connectivity index (χ0v) is 33.9. The average Bonchev–Trinajstić information content (AvgIpc) is 3.11. The van der Waals surface area contributed by atoms with Crippen molar-refractivity contribution >= 4 is 17.9 Å². The highest BCUT2D eigenvalue weighted by atomic mass is 16.6. The molecule has 0 aliphatic rings. The zero-order chi connectivity index (χ0) is 39.3. The van der Waals surface area contributed by atoms with Crippen LogP contribution < -0.4 is 0 Å². The number of unbranched alkanes of at least 4 members (excludes halogenated alkanes) is 6. The van der Waals surface area contributed by atoms with Crippen molar-refractivity contribution in [1.29, 1.82) is 0 Å². The van der Waals surface area contributed by atoms with Gasteiger partial charge in [-0.15, -0.1) is 0 Å². The minimum Gasteiger partial charge on any atom is -0.477 e. The lowest BCUT2D eigenvalue weighted by molar-refractivity contribution is -0.887. The molecule has 53 heavy (non-hydrogen) atoms. The minimum atomic E-state index is -0.891. The highest BCUT2D eigenvalue weighted by Crippen LogP contribution is 2.11. The average molecular weight is 741 g/mol. The third-order valence-electron chi connectivity index (χ3n) is 8.29. The number of ether oxygens (including phenoxy) is 3. The number of nitrogens with zero attached hydrogens (tertiary/aromatic N) is 1. The minimum absolute atomic E-state index is 0.0303. The van der Waals surface area contributed by atoms with Crippen LogP contribution >= 0.6 is 0 Å². The van der Waals surface area contributed by atoms with Gasteiger partial charge in [0.25, 0.3) is 0 Å². The lowest BCUT2D eigenvalue weighted by Gasteiger charge is -2.31. The molecule has 0 fully saturated rings. The molecule has 0 rings (SSSR count). The third-order valence-corrected chi connectivity index (χ3v) is 8.29. The summed E-state index contributed by atoms with van der Waals surface area (Å²) >= 11 is 0. The van der Waals surface area contributed by atoms with Gasteiger partial charge in [0.15, 0.2) is 12.1 Å². The van der Waals surface area contributed by atoms with E-state index in [1.54, 1.807) is 0 Å². The summed E-state index contributed by atoms with van der Waals surface area (Å²) in [6, 6.07) is -0.628. The quantitative estimate of drug-likeness (QED) is 0.0303. The number of allylic oxidation sites excluding steroid dienone is 14. The van der Waals surface area contributed by atoms with Crippen LogP contribution in [0.3, 0.4) is 0 Å². The van der Waals surface area contributed by atoms with Crippen molar-refractivity contribution in [3.05, 3.63) is 85.1 Å². The third kappa shape index (κ3) is 34.1. The Kier molecular flexibility index (Phi) is 33.2. The fourth-order valence-electron chi connectivity index (χ4n) is 5.17. The number of carbonyl (C=O) groups excluding carboxylic acids is 2. The number of aliphatic carboxylic acids is 1. The van der Waals surface area contributed by atoms with Gasteiger partial charge in [-0.05, 0) is 77.0 Å². The van der Waals surface area contributed by atoms with Gasteiger partial charge in [-0.2, -0.15) is 0 Å². The van der Waals surface area contributed by atoms with Crippen molar-refractivity contribution < 1.29 is 38.2 Å². The lowest BCUT2D eigenvalue weighted by atomic mass is 10.1. The number of rotatable bonds is 34. The summed E-state index contributed by atoms with van der Waals surface area (Å²) in [6.07, 6.45) is 45.2. The van der Waals surface area contributed by atoms with Crippen LogP contribution in [0, 0.1) is 0 Å². The van der Waals surface area contributed by atoms with Crippen LogP contribution in [-0.2, 0) is 28.6 Å². The number of quaternary nitrogens is 1. The van der Waals surface area contributed by atoms with Crippen LogP contribution in [0.5, 0.6) is 0 Å². The molecule has 0 aromatic rings. The first-order valence-corrected chi connectivity index (χ1v) is 20.1. The van der Waals surface area contributed by atoms with Crippen LogP contribution in [0.1, 0.15) is 129 Å². The Morgan fingerprint density at radius 3 is 1.62 bits per heavy atom. The smallest absolute Gasteiger partial charge is 0.362 e. The van der Waals surface area contributed by atoms with E-state index in [4.69, 9.17) is 14.2 Å². The van der Waals surface area contributed by atoms with Crippen LogP contribution in [0.15, 0.2) is 85.1 Å². The summed E-state index contributed by atoms with van der Waals surface area (Å²) < 4.78 is 17.1. The van der Waals surface area contributed by atoms with Gasteiger partial charge in [-0.3, -0.25) is 9.59 Å². The highest BCUT2D eigenvalue weighted by Gasteiger charge is 2.31. The Hall–Kier alpha value is -3.49. The van der Waals surface area contributed by atoms with E-state index in [1.165, 1.54) is 12.8 Å². The molecule has 8 nitrogen and oxygen atoms in total. The molecular weight excluding hydrogens is 666 g/mol. The van der Waals surface area contributed by atoms with Crippen molar-refractivity contribution in [3.8, 4) is 0 Å². The molecule has 0 aromatic heterocycles. The number of likely N-dealkylation sites (N-methyl/N-ethyl adjacent to an activating group) is 1. The van der Waals surface area contributed by atoms with Crippen molar-refractivity contribution in [1.82, 2.24) is 0 Å². The van der Waals surface area contributed by atoms with E-state index in [9.17, 15) is 19.5 Å². The highest BCUT2D eigenvalue weighted by molar-refractivity contribution is 5.72. The molecule has 0 spiro atoms. The largest absolute Gasteiger partial charge is 0.477 e. The first-order chi connectivity index (χ1) is 25.6. The second kappa shape index (κ2) is 35.5. The topological polar surface area (TPSA) is 99.1 Å². The second-order valence-electron chi connectivity index (χ2n) is 14.1. The standard InChI is InChI=1S/C45H73NO7/c1-6-8-10-12-14-15-16-17-18-19-20-21-22-23-24-25-26-27-28-30-32-34-36-44(48)53-41(39-51-38-37-42(45(49)50)46(3,4)5)40-52-43(47)35-33-31-29-13-11-9-7-2/h8,10,14-15,17-18,20-21,23-24,26-27,29,31,41-42H,6-7,9,11-13,16,19,22,25,28,30,32-40H2,1-5H3/p+1/b10-8+,15-14+,18-17+,21-20+,24-23+,27-26+,31-29+. The van der Waals surface area contributed by atoms with Gasteiger partial charge in [0.2, 0.25) is 0 Å². The first-order valence-electron chi connectivity index (χ1n) is 20.1. The number of carboxylic acids is 1. The Balaban J connectivity index is 4.40. The van der Waals surface area contributed by atoms with E-state index in [2.05, 4.69) is 92.8 Å². The molecule has 0 bridgehead atoms. The van der Waals surface area contributed by atoms with Crippen molar-refractivity contribution in [2.24, 2.45) is 0 Å². The predicted molar refractivity (Wildman–Crippen MR) is 220 cm³/mol. The monoisotopic (exact) mass is 741 g/mol. The van der Waals surface area contributed by atoms with Gasteiger partial charge in [0.1, 0.15) is 6.61 Å². The first kappa shape index (κ1) is 49.5. The van der Waals surface area contributed by atoms with E-state index >= 15 is 0 Å². The van der Waals surface area contributed by atoms with Gasteiger partial charge in [0, 0.05) is 19.3 Å². The summed E-state index contributed by atoms with van der Waals surface area (Å²) in [4.78, 5) is 36.7. The lowest BCUT2D eigenvalue weighted by Crippen LogP contribution is -2.50. The molecule has 0 saturated heterocycles. The fourth-order valence-corrected chi connectivity index (χ4v) is 5.17. The summed E-state index contributed by atoms with van der Waals surface area (Å²) in [5.74, 6) is -1.60. The second-order valence-corrected chi connectivity index (χ2v) is 14.1. The molecule has 0 aliphatic heterocycles. The molecule has 0 radical (unpaired) electrons. The van der Waals surface area contributed by atoms with Crippen molar-refractivity contribution in [2.45, 2.75) is 142 Å². The van der Waals surface area contributed by atoms with Gasteiger partial charge in [-0.25, -0.2) is 4.79 Å². The van der Waals surface area contributed by atoms with Gasteiger partial charge < -0.3 is 23.8 Å². The van der Waals surface area contributed by atoms with Crippen LogP contribution in [0.25, 0.3) is 0 Å². The fraction of sp³-hybridized carbons (Fsp3) is 0.622. The summed E-state index contributed by atoms with van der Waals surface area (Å²) in [7, 11) is 5.48. The van der Waals surface area contributed by atoms with Crippen molar-refractivity contribution in [3.63, 3.8) is 0 Å². The van der Waals surface area contributed by atoms with Crippen LogP contribution in [0.4, 0.5) is 0 Å². The number of hydrogen-bond acceptors (Lipinski definition) is 6. The molecule has 8 heteroatoms. The van der Waals surface area contributed by atoms with Gasteiger partial charge in [-0.1, -0.05) is 118 Å². The molecule has 0 amide bonds. The maximum Gasteiger partial charge on any atom is 0.362 e. The summed E-state index contributed by atoms with van der Waals surface area (Å²) in [5, 5.41) is 9.57. The zero-order valence-electron chi connectivity index (χ0n) is 33.9. The SMILES string of the molecule is CC/C=C/C/C=C/C/C=C/C/C=C/C/C=C/C/C=C/CCCCCC(=O)OC(COCCC(C(=O)O)[N+](C)(C)C)COC(=O)CC/C=C/CCCCC. The van der Waals surface area contributed by atoms with E-state index in [1.807, 2.05) is 27.2 Å².